The number of nitrogens with one attached hydrogen (secondary N) is 1. The lowest BCUT2D eigenvalue weighted by atomic mass is 10.2. The lowest BCUT2D eigenvalue weighted by molar-refractivity contribution is -0.145. The number of methoxy groups -OCH3 is 1. The average molecular weight is 311 g/mol. The Morgan fingerprint density at radius 2 is 2.29 bits per heavy atom. The smallest absolute Gasteiger partial charge is 0.344 e. The van der Waals surface area contributed by atoms with E-state index in [-0.39, 0.29) is 11.7 Å². The molecule has 0 unspecified atom stereocenters. The van der Waals surface area contributed by atoms with Gasteiger partial charge in [0.15, 0.2) is 23.2 Å². The minimum absolute atomic E-state index is 0.0446. The van der Waals surface area contributed by atoms with E-state index in [2.05, 4.69) is 22.7 Å². The molecule has 1 aromatic carbocycles. The fraction of sp³-hybridized carbons (Fsp3) is 0.308. The van der Waals surface area contributed by atoms with E-state index in [1.165, 1.54) is 13.3 Å². The zero-order chi connectivity index (χ0) is 15.7. The molecular formula is C13H17N3O4S. The largest absolute Gasteiger partial charge is 0.493 e. The predicted octanol–water partition coefficient (Wildman–Crippen LogP) is 0.804. The Morgan fingerprint density at radius 1 is 1.52 bits per heavy atom. The van der Waals surface area contributed by atoms with E-state index in [1.54, 1.807) is 25.1 Å². The number of thiocarbonyl (C=S) groups is 1. The summed E-state index contributed by atoms with van der Waals surface area (Å²) in [6.07, 6.45) is 1.46. The highest BCUT2D eigenvalue weighted by Crippen LogP contribution is 2.30. The number of benzene rings is 1. The molecule has 0 saturated carbocycles. The number of hydrogen-bond donors (Lipinski definition) is 2. The molecule has 0 bridgehead atoms. The summed E-state index contributed by atoms with van der Waals surface area (Å²) in [7, 11) is 1.50. The molecular weight excluding hydrogens is 294 g/mol. The average Bonchev–Trinajstić information content (AvgIpc) is 2.45. The van der Waals surface area contributed by atoms with Gasteiger partial charge in [-0.15, -0.1) is 0 Å². The lowest BCUT2D eigenvalue weighted by Crippen LogP contribution is -2.24. The number of hydrogen-bond acceptors (Lipinski definition) is 6. The van der Waals surface area contributed by atoms with Crippen LogP contribution in [0.1, 0.15) is 12.5 Å². The predicted molar refractivity (Wildman–Crippen MR) is 82.6 cm³/mol. The van der Waals surface area contributed by atoms with E-state index in [4.69, 9.17) is 19.9 Å². The van der Waals surface area contributed by atoms with Crippen LogP contribution in [0, 0.1) is 0 Å². The van der Waals surface area contributed by atoms with Gasteiger partial charge in [0.2, 0.25) is 0 Å². The number of esters is 1. The van der Waals surface area contributed by atoms with Gasteiger partial charge in [-0.2, -0.15) is 5.10 Å². The summed E-state index contributed by atoms with van der Waals surface area (Å²) in [5, 5.41) is 3.89. The number of carbonyl (C=O) groups is 1. The summed E-state index contributed by atoms with van der Waals surface area (Å²) in [6.45, 7) is 1.79. The zero-order valence-electron chi connectivity index (χ0n) is 11.8. The van der Waals surface area contributed by atoms with E-state index in [9.17, 15) is 4.79 Å². The van der Waals surface area contributed by atoms with Crippen LogP contribution < -0.4 is 20.6 Å². The van der Waals surface area contributed by atoms with Crippen molar-refractivity contribution in [3.8, 4) is 11.5 Å². The Labute approximate surface area is 128 Å². The molecule has 0 fully saturated rings. The van der Waals surface area contributed by atoms with Crippen LogP contribution in [0.15, 0.2) is 23.3 Å². The fourth-order valence-electron chi connectivity index (χ4n) is 1.45. The Hall–Kier alpha value is -2.35. The second-order valence-electron chi connectivity index (χ2n) is 3.71. The molecule has 21 heavy (non-hydrogen) atoms. The van der Waals surface area contributed by atoms with Gasteiger partial charge in [-0.3, -0.25) is 5.43 Å². The molecule has 0 heterocycles. The molecule has 0 aliphatic heterocycles. The molecule has 114 valence electrons. The van der Waals surface area contributed by atoms with Crippen LogP contribution in [-0.2, 0) is 9.53 Å². The van der Waals surface area contributed by atoms with Crippen molar-refractivity contribution in [2.24, 2.45) is 10.8 Å². The zero-order valence-corrected chi connectivity index (χ0v) is 12.6. The second-order valence-corrected chi connectivity index (χ2v) is 4.15. The summed E-state index contributed by atoms with van der Waals surface area (Å²) in [5.74, 6) is 0.382. The monoisotopic (exact) mass is 311 g/mol. The lowest BCUT2D eigenvalue weighted by Gasteiger charge is -2.12. The second kappa shape index (κ2) is 8.75. The molecule has 0 spiro atoms. The Kier molecular flexibility index (Phi) is 6.96. The third-order valence-corrected chi connectivity index (χ3v) is 2.34. The molecule has 0 saturated heterocycles. The Morgan fingerprint density at radius 3 is 2.90 bits per heavy atom. The number of para-hydroxylation sites is 1. The van der Waals surface area contributed by atoms with Crippen LogP contribution in [0.25, 0.3) is 0 Å². The van der Waals surface area contributed by atoms with Gasteiger partial charge in [0.05, 0.1) is 19.9 Å². The van der Waals surface area contributed by atoms with E-state index < -0.39 is 5.97 Å². The SMILES string of the molecule is CCOC(=O)COc1c(/C=N/NC(N)=S)cccc1OC. The van der Waals surface area contributed by atoms with E-state index in [0.29, 0.717) is 23.7 Å². The van der Waals surface area contributed by atoms with Gasteiger partial charge < -0.3 is 19.9 Å². The van der Waals surface area contributed by atoms with Gasteiger partial charge in [0.1, 0.15) is 0 Å². The molecule has 3 N–H and O–H groups in total. The summed E-state index contributed by atoms with van der Waals surface area (Å²) in [6, 6.07) is 5.21. The van der Waals surface area contributed by atoms with Crippen LogP contribution in [-0.4, -0.2) is 37.6 Å². The number of rotatable bonds is 7. The van der Waals surface area contributed by atoms with Crippen molar-refractivity contribution in [3.05, 3.63) is 23.8 Å². The van der Waals surface area contributed by atoms with Crippen molar-refractivity contribution < 1.29 is 19.0 Å². The van der Waals surface area contributed by atoms with Gasteiger partial charge in [0.25, 0.3) is 0 Å². The number of nitrogens with two attached hydrogens (primary N) is 1. The topological polar surface area (TPSA) is 95.2 Å². The molecule has 1 aromatic rings. The van der Waals surface area contributed by atoms with E-state index in [1.807, 2.05) is 0 Å². The molecule has 0 aliphatic rings. The first-order valence-electron chi connectivity index (χ1n) is 6.12. The highest BCUT2D eigenvalue weighted by Gasteiger charge is 2.12. The molecule has 1 rings (SSSR count). The van der Waals surface area contributed by atoms with Crippen LogP contribution in [0.4, 0.5) is 0 Å². The molecule has 8 heteroatoms. The molecule has 0 atom stereocenters. The maximum absolute atomic E-state index is 11.4. The van der Waals surface area contributed by atoms with Gasteiger partial charge in [0, 0.05) is 5.56 Å². The highest BCUT2D eigenvalue weighted by atomic mass is 32.1. The first-order valence-corrected chi connectivity index (χ1v) is 6.53. The van der Waals surface area contributed by atoms with E-state index >= 15 is 0 Å². The van der Waals surface area contributed by atoms with E-state index in [0.717, 1.165) is 0 Å². The third-order valence-electron chi connectivity index (χ3n) is 2.25. The van der Waals surface area contributed by atoms with Crippen LogP contribution in [0.5, 0.6) is 11.5 Å². The van der Waals surface area contributed by atoms with Gasteiger partial charge >= 0.3 is 5.97 Å². The van der Waals surface area contributed by atoms with Crippen molar-refractivity contribution in [3.63, 3.8) is 0 Å². The first kappa shape index (κ1) is 16.7. The molecule has 0 amide bonds. The van der Waals surface area contributed by atoms with Crippen molar-refractivity contribution in [1.29, 1.82) is 0 Å². The summed E-state index contributed by atoms with van der Waals surface area (Å²) in [4.78, 5) is 11.4. The van der Waals surface area contributed by atoms with Crippen molar-refractivity contribution in [2.75, 3.05) is 20.3 Å². The highest BCUT2D eigenvalue weighted by molar-refractivity contribution is 7.80. The van der Waals surface area contributed by atoms with Crippen LogP contribution in [0.3, 0.4) is 0 Å². The van der Waals surface area contributed by atoms with Crippen molar-refractivity contribution >= 4 is 29.5 Å². The Bertz CT molecular complexity index is 534. The molecule has 0 aliphatic carbocycles. The normalized spacial score (nSPS) is 10.2. The molecule has 0 radical (unpaired) electrons. The molecule has 7 nitrogen and oxygen atoms in total. The fourth-order valence-corrected chi connectivity index (χ4v) is 1.50. The number of carbonyl (C=O) groups excluding carboxylic acids is 1. The van der Waals surface area contributed by atoms with Crippen molar-refractivity contribution in [2.45, 2.75) is 6.92 Å². The number of nitrogens with zero attached hydrogens (tertiary/aromatic N) is 1. The Balaban J connectivity index is 2.89. The van der Waals surface area contributed by atoms with Gasteiger partial charge in [-0.1, -0.05) is 6.07 Å². The molecule has 0 aromatic heterocycles. The summed E-state index contributed by atoms with van der Waals surface area (Å²) in [5.41, 5.74) is 8.31. The third kappa shape index (κ3) is 5.65. The van der Waals surface area contributed by atoms with Crippen LogP contribution >= 0.6 is 12.2 Å². The maximum Gasteiger partial charge on any atom is 0.344 e. The first-order chi connectivity index (χ1) is 10.1. The maximum atomic E-state index is 11.4. The quantitative estimate of drug-likeness (QED) is 0.333. The van der Waals surface area contributed by atoms with Gasteiger partial charge in [-0.25, -0.2) is 4.79 Å². The summed E-state index contributed by atoms with van der Waals surface area (Å²) >= 11 is 4.64. The van der Waals surface area contributed by atoms with Gasteiger partial charge in [-0.05, 0) is 31.3 Å². The standard InChI is InChI=1S/C13H17N3O4S/c1-3-19-11(17)8-20-12-9(7-15-16-13(14)21)5-4-6-10(12)18-2/h4-7H,3,8H2,1-2H3,(H3,14,16,21)/b15-7+. The number of hydrazone groups is 1. The minimum atomic E-state index is -0.465. The van der Waals surface area contributed by atoms with Crippen molar-refractivity contribution in [1.82, 2.24) is 5.43 Å². The summed E-state index contributed by atoms with van der Waals surface area (Å²) < 4.78 is 15.4. The minimum Gasteiger partial charge on any atom is -0.493 e. The number of ether oxygens (including phenoxy) is 3. The van der Waals surface area contributed by atoms with Crippen LogP contribution in [0.2, 0.25) is 0 Å².